The van der Waals surface area contributed by atoms with Crippen molar-refractivity contribution in [2.24, 2.45) is 0 Å². The van der Waals surface area contributed by atoms with Crippen LogP contribution in [0.15, 0.2) is 81.2 Å². The van der Waals surface area contributed by atoms with Crippen LogP contribution < -0.4 is 22.3 Å². The van der Waals surface area contributed by atoms with E-state index in [1.54, 1.807) is 55.5 Å². The molecule has 11 heteroatoms. The molecule has 2 heterocycles. The van der Waals surface area contributed by atoms with Crippen molar-refractivity contribution in [2.75, 3.05) is 12.4 Å². The van der Waals surface area contributed by atoms with E-state index in [9.17, 15) is 19.2 Å². The normalized spacial score (nSPS) is 10.8. The minimum atomic E-state index is -0.661. The molecule has 10 nitrogen and oxygen atoms in total. The number of anilines is 2. The van der Waals surface area contributed by atoms with Gasteiger partial charge in [-0.15, -0.1) is 0 Å². The number of carbonyl (C=O) groups is 1. The van der Waals surface area contributed by atoms with Gasteiger partial charge in [-0.1, -0.05) is 23.7 Å². The Labute approximate surface area is 210 Å². The van der Waals surface area contributed by atoms with Gasteiger partial charge < -0.3 is 10.1 Å². The summed E-state index contributed by atoms with van der Waals surface area (Å²) in [7, 11) is 1.24. The first-order valence-electron chi connectivity index (χ1n) is 11.0. The highest BCUT2D eigenvalue weighted by atomic mass is 35.5. The number of nitrogens with zero attached hydrogens (tertiary/aromatic N) is 4. The van der Waals surface area contributed by atoms with E-state index in [1.165, 1.54) is 34.6 Å². The fraction of sp³-hybridized carbons (Fsp3) is 0.160. The molecule has 36 heavy (non-hydrogen) atoms. The van der Waals surface area contributed by atoms with Gasteiger partial charge in [-0.2, -0.15) is 4.98 Å². The first-order valence-corrected chi connectivity index (χ1v) is 11.3. The average molecular weight is 508 g/mol. The molecule has 0 atom stereocenters. The van der Waals surface area contributed by atoms with E-state index in [1.807, 2.05) is 0 Å². The molecule has 2 aromatic heterocycles. The molecule has 184 valence electrons. The Kier molecular flexibility index (Phi) is 7.16. The zero-order valence-corrected chi connectivity index (χ0v) is 20.2. The molecule has 0 amide bonds. The topological polar surface area (TPSA) is 117 Å². The molecule has 4 aromatic rings. The number of hydrogen-bond donors (Lipinski definition) is 1. The fourth-order valence-corrected chi connectivity index (χ4v) is 3.71. The van der Waals surface area contributed by atoms with Gasteiger partial charge in [0.2, 0.25) is 5.95 Å². The Morgan fingerprint density at radius 3 is 2.31 bits per heavy atom. The third-order valence-corrected chi connectivity index (χ3v) is 5.71. The second kappa shape index (κ2) is 10.4. The van der Waals surface area contributed by atoms with Crippen molar-refractivity contribution in [3.05, 3.63) is 114 Å². The summed E-state index contributed by atoms with van der Waals surface area (Å²) in [5.41, 5.74) is 0.495. The number of ether oxygens (including phenoxy) is 1. The Bertz CT molecular complexity index is 1590. The van der Waals surface area contributed by atoms with E-state index < -0.39 is 22.9 Å². The summed E-state index contributed by atoms with van der Waals surface area (Å²) in [5.74, 6) is -0.516. The summed E-state index contributed by atoms with van der Waals surface area (Å²) >= 11 is 5.97. The van der Waals surface area contributed by atoms with E-state index in [0.29, 0.717) is 16.4 Å². The van der Waals surface area contributed by atoms with Crippen LogP contribution in [-0.2, 0) is 17.8 Å². The van der Waals surface area contributed by atoms with Crippen LogP contribution in [0.3, 0.4) is 0 Å². The average Bonchev–Trinajstić information content (AvgIpc) is 2.87. The van der Waals surface area contributed by atoms with Crippen molar-refractivity contribution in [1.82, 2.24) is 18.7 Å². The van der Waals surface area contributed by atoms with E-state index >= 15 is 0 Å². The van der Waals surface area contributed by atoms with Gasteiger partial charge in [-0.05, 0) is 55.0 Å². The smallest absolute Gasteiger partial charge is 0.354 e. The van der Waals surface area contributed by atoms with Gasteiger partial charge in [0.05, 0.1) is 19.2 Å². The number of benzene rings is 2. The molecule has 4 rings (SSSR count). The lowest BCUT2D eigenvalue weighted by Crippen LogP contribution is -2.42. The minimum absolute atomic E-state index is 0.0806. The lowest BCUT2D eigenvalue weighted by atomic mass is 10.2. The molecule has 0 spiro atoms. The molecule has 0 saturated heterocycles. The third-order valence-electron chi connectivity index (χ3n) is 5.46. The van der Waals surface area contributed by atoms with Gasteiger partial charge in [-0.25, -0.2) is 19.0 Å². The number of nitrogens with one attached hydrogen (secondary N) is 1. The van der Waals surface area contributed by atoms with Gasteiger partial charge in [0.25, 0.3) is 5.56 Å². The zero-order chi connectivity index (χ0) is 25.8. The highest BCUT2D eigenvalue weighted by Crippen LogP contribution is 2.17. The van der Waals surface area contributed by atoms with E-state index in [0.717, 1.165) is 10.1 Å². The third kappa shape index (κ3) is 5.13. The van der Waals surface area contributed by atoms with Gasteiger partial charge in [-0.3, -0.25) is 13.9 Å². The van der Waals surface area contributed by atoms with Gasteiger partial charge in [0.15, 0.2) is 0 Å². The predicted octanol–water partition coefficient (Wildman–Crippen LogP) is 2.81. The maximum Gasteiger partial charge on any atom is 0.354 e. The monoisotopic (exact) mass is 507 g/mol. The number of methoxy groups -OCH3 is 1. The van der Waals surface area contributed by atoms with E-state index in [2.05, 4.69) is 15.0 Å². The fourth-order valence-electron chi connectivity index (χ4n) is 3.58. The second-order valence-electron chi connectivity index (χ2n) is 7.74. The van der Waals surface area contributed by atoms with Crippen LogP contribution in [-0.4, -0.2) is 31.8 Å². The Hall–Kier alpha value is -4.44. The first kappa shape index (κ1) is 24.7. The number of carbonyl (C=O) groups excluding carboxylic acids is 1. The molecule has 2 aromatic carbocycles. The summed E-state index contributed by atoms with van der Waals surface area (Å²) in [6, 6.07) is 16.4. The Balaban J connectivity index is 1.66. The van der Waals surface area contributed by atoms with Crippen LogP contribution in [0.4, 0.5) is 11.6 Å². The zero-order valence-electron chi connectivity index (χ0n) is 19.5. The van der Waals surface area contributed by atoms with Crippen molar-refractivity contribution in [2.45, 2.75) is 20.0 Å². The molecule has 0 unspecified atom stereocenters. The highest BCUT2D eigenvalue weighted by Gasteiger charge is 2.14. The van der Waals surface area contributed by atoms with Crippen molar-refractivity contribution in [3.63, 3.8) is 0 Å². The van der Waals surface area contributed by atoms with E-state index in [-0.39, 0.29) is 24.6 Å². The van der Waals surface area contributed by atoms with Crippen molar-refractivity contribution >= 4 is 29.2 Å². The molecule has 0 fully saturated rings. The molecule has 0 radical (unpaired) electrons. The first-order chi connectivity index (χ1) is 17.3. The van der Waals surface area contributed by atoms with Gasteiger partial charge >= 0.3 is 17.3 Å². The van der Waals surface area contributed by atoms with Crippen molar-refractivity contribution in [1.29, 1.82) is 0 Å². The number of aromatic nitrogens is 4. The molecule has 0 aliphatic rings. The lowest BCUT2D eigenvalue weighted by Gasteiger charge is -2.15. The SMILES string of the molecule is CCn1c(=O)nc(Nc2ccc(-n3ccc(C(=O)OC)cc3=O)cc2)n(Cc2ccc(Cl)cc2)c1=O. The van der Waals surface area contributed by atoms with Crippen LogP contribution in [0.2, 0.25) is 5.02 Å². The quantitative estimate of drug-likeness (QED) is 0.382. The molecule has 0 saturated carbocycles. The Morgan fingerprint density at radius 1 is 1.00 bits per heavy atom. The van der Waals surface area contributed by atoms with Crippen LogP contribution in [0.25, 0.3) is 5.69 Å². The van der Waals surface area contributed by atoms with Crippen LogP contribution in [0, 0.1) is 0 Å². The number of halogens is 1. The second-order valence-corrected chi connectivity index (χ2v) is 8.18. The summed E-state index contributed by atoms with van der Waals surface area (Å²) in [6.07, 6.45) is 1.48. The molecule has 0 bridgehead atoms. The molecule has 1 N–H and O–H groups in total. The lowest BCUT2D eigenvalue weighted by molar-refractivity contribution is 0.0600. The number of pyridine rings is 1. The number of esters is 1. The number of hydrogen-bond acceptors (Lipinski definition) is 7. The summed E-state index contributed by atoms with van der Waals surface area (Å²) in [4.78, 5) is 53.6. The van der Waals surface area contributed by atoms with Crippen molar-refractivity contribution < 1.29 is 9.53 Å². The standard InChI is InChI=1S/C25H22ClN5O5/c1-3-29-24(34)28-23(31(25(29)35)15-16-4-6-18(26)7-5-16)27-19-8-10-20(11-9-19)30-13-12-17(14-21(30)32)22(33)36-2/h4-14H,3,15H2,1-2H3,(H,27,28,34). The largest absolute Gasteiger partial charge is 0.465 e. The van der Waals surface area contributed by atoms with Crippen LogP contribution >= 0.6 is 11.6 Å². The van der Waals surface area contributed by atoms with Crippen molar-refractivity contribution in [3.8, 4) is 5.69 Å². The summed E-state index contributed by atoms with van der Waals surface area (Å²) < 4.78 is 8.43. The summed E-state index contributed by atoms with van der Waals surface area (Å²) in [6.45, 7) is 2.05. The molecule has 0 aliphatic heterocycles. The maximum atomic E-state index is 13.0. The summed E-state index contributed by atoms with van der Waals surface area (Å²) in [5, 5.41) is 3.60. The van der Waals surface area contributed by atoms with Crippen LogP contribution in [0.5, 0.6) is 0 Å². The van der Waals surface area contributed by atoms with Gasteiger partial charge in [0, 0.05) is 35.2 Å². The maximum absolute atomic E-state index is 13.0. The minimum Gasteiger partial charge on any atom is -0.465 e. The molecular formula is C25H22ClN5O5. The molecular weight excluding hydrogens is 486 g/mol. The van der Waals surface area contributed by atoms with Crippen LogP contribution in [0.1, 0.15) is 22.8 Å². The predicted molar refractivity (Wildman–Crippen MR) is 136 cm³/mol. The molecule has 0 aliphatic carbocycles. The van der Waals surface area contributed by atoms with E-state index in [4.69, 9.17) is 11.6 Å². The highest BCUT2D eigenvalue weighted by molar-refractivity contribution is 6.30. The van der Waals surface area contributed by atoms with Gasteiger partial charge in [0.1, 0.15) is 0 Å². The Morgan fingerprint density at radius 2 is 1.69 bits per heavy atom. The number of rotatable bonds is 7.